The Morgan fingerprint density at radius 3 is 2.68 bits per heavy atom. The van der Waals surface area contributed by atoms with Gasteiger partial charge in [0.25, 0.3) is 0 Å². The van der Waals surface area contributed by atoms with Crippen molar-refractivity contribution in [2.24, 2.45) is 22.6 Å². The number of hydrogen-bond acceptors (Lipinski definition) is 3. The van der Waals surface area contributed by atoms with Crippen LogP contribution < -0.4 is 10.6 Å². The van der Waals surface area contributed by atoms with Crippen LogP contribution in [-0.4, -0.2) is 18.0 Å². The molecule has 4 rings (SSSR count). The summed E-state index contributed by atoms with van der Waals surface area (Å²) in [5, 5.41) is 0. The SMILES string of the molecule is Cc1ccc(N2C(N)=NCC23CC2CCC3C2)cc1. The van der Waals surface area contributed by atoms with Crippen LogP contribution in [0.25, 0.3) is 0 Å². The molecule has 0 amide bonds. The lowest BCUT2D eigenvalue weighted by Crippen LogP contribution is -2.55. The molecule has 1 aliphatic heterocycles. The average molecular weight is 255 g/mol. The van der Waals surface area contributed by atoms with Gasteiger partial charge >= 0.3 is 0 Å². The first-order valence-electron chi connectivity index (χ1n) is 7.36. The van der Waals surface area contributed by atoms with E-state index in [0.717, 1.165) is 24.3 Å². The summed E-state index contributed by atoms with van der Waals surface area (Å²) in [5.41, 5.74) is 8.92. The van der Waals surface area contributed by atoms with Crippen molar-refractivity contribution < 1.29 is 0 Å². The van der Waals surface area contributed by atoms with Gasteiger partial charge in [-0.25, -0.2) is 0 Å². The third kappa shape index (κ3) is 1.47. The van der Waals surface area contributed by atoms with E-state index in [1.807, 2.05) is 0 Å². The molecule has 1 aromatic carbocycles. The van der Waals surface area contributed by atoms with Crippen LogP contribution in [0.3, 0.4) is 0 Å². The fourth-order valence-corrected chi connectivity index (χ4v) is 4.55. The van der Waals surface area contributed by atoms with Crippen LogP contribution in [0.4, 0.5) is 5.69 Å². The standard InChI is InChI=1S/C16H21N3/c1-11-2-6-14(7-3-11)19-15(17)18-10-16(19)9-12-4-5-13(16)8-12/h2-3,6-7,12-13H,4-5,8-10H2,1H3,(H2,17,18). The Hall–Kier alpha value is -1.51. The van der Waals surface area contributed by atoms with E-state index in [0.29, 0.717) is 0 Å². The number of benzene rings is 1. The van der Waals surface area contributed by atoms with Crippen LogP contribution in [0.15, 0.2) is 29.3 Å². The molecule has 3 unspecified atom stereocenters. The summed E-state index contributed by atoms with van der Waals surface area (Å²) in [6.45, 7) is 3.02. The molecule has 3 heteroatoms. The van der Waals surface area contributed by atoms with Crippen molar-refractivity contribution in [1.29, 1.82) is 0 Å². The lowest BCUT2D eigenvalue weighted by atomic mass is 9.80. The van der Waals surface area contributed by atoms with E-state index < -0.39 is 0 Å². The van der Waals surface area contributed by atoms with Gasteiger partial charge in [0.1, 0.15) is 0 Å². The van der Waals surface area contributed by atoms with Crippen LogP contribution in [0.1, 0.15) is 31.2 Å². The van der Waals surface area contributed by atoms with E-state index >= 15 is 0 Å². The number of rotatable bonds is 1. The second kappa shape index (κ2) is 3.75. The molecular formula is C16H21N3. The molecule has 0 saturated heterocycles. The molecule has 19 heavy (non-hydrogen) atoms. The van der Waals surface area contributed by atoms with Crippen LogP contribution in [0.5, 0.6) is 0 Å². The molecule has 2 aliphatic carbocycles. The number of anilines is 1. The lowest BCUT2D eigenvalue weighted by molar-refractivity contribution is 0.293. The van der Waals surface area contributed by atoms with Gasteiger partial charge in [0, 0.05) is 5.69 Å². The highest BCUT2D eigenvalue weighted by Gasteiger charge is 2.57. The van der Waals surface area contributed by atoms with Gasteiger partial charge in [-0.3, -0.25) is 4.99 Å². The van der Waals surface area contributed by atoms with Crippen molar-refractivity contribution in [2.75, 3.05) is 11.4 Å². The van der Waals surface area contributed by atoms with Crippen molar-refractivity contribution in [3.05, 3.63) is 29.8 Å². The van der Waals surface area contributed by atoms with E-state index in [9.17, 15) is 0 Å². The van der Waals surface area contributed by atoms with Crippen LogP contribution in [-0.2, 0) is 0 Å². The van der Waals surface area contributed by atoms with Crippen molar-refractivity contribution in [3.63, 3.8) is 0 Å². The molecule has 3 atom stereocenters. The maximum Gasteiger partial charge on any atom is 0.196 e. The zero-order chi connectivity index (χ0) is 13.0. The number of aryl methyl sites for hydroxylation is 1. The smallest absolute Gasteiger partial charge is 0.196 e. The molecule has 2 fully saturated rings. The third-order valence-electron chi connectivity index (χ3n) is 5.42. The first-order valence-corrected chi connectivity index (χ1v) is 7.36. The second-order valence-corrected chi connectivity index (χ2v) is 6.53. The summed E-state index contributed by atoms with van der Waals surface area (Å²) in [5.74, 6) is 2.40. The summed E-state index contributed by atoms with van der Waals surface area (Å²) in [7, 11) is 0. The largest absolute Gasteiger partial charge is 0.369 e. The van der Waals surface area contributed by atoms with E-state index in [2.05, 4.69) is 41.1 Å². The molecule has 100 valence electrons. The number of nitrogens with zero attached hydrogens (tertiary/aromatic N) is 2. The number of nitrogens with two attached hydrogens (primary N) is 1. The molecule has 1 aromatic rings. The Morgan fingerprint density at radius 2 is 2.05 bits per heavy atom. The van der Waals surface area contributed by atoms with Gasteiger partial charge in [-0.2, -0.15) is 0 Å². The second-order valence-electron chi connectivity index (χ2n) is 6.53. The Balaban J connectivity index is 1.75. The summed E-state index contributed by atoms with van der Waals surface area (Å²) in [6.07, 6.45) is 5.42. The van der Waals surface area contributed by atoms with E-state index in [-0.39, 0.29) is 5.54 Å². The Labute approximate surface area is 114 Å². The highest BCUT2D eigenvalue weighted by Crippen LogP contribution is 2.55. The summed E-state index contributed by atoms with van der Waals surface area (Å²) < 4.78 is 0. The Morgan fingerprint density at radius 1 is 1.26 bits per heavy atom. The molecule has 2 bridgehead atoms. The molecule has 3 aliphatic rings. The predicted octanol–water partition coefficient (Wildman–Crippen LogP) is 2.69. The highest BCUT2D eigenvalue weighted by molar-refractivity contribution is 5.98. The predicted molar refractivity (Wildman–Crippen MR) is 78.3 cm³/mol. The average Bonchev–Trinajstić information content (AvgIpc) is 3.07. The van der Waals surface area contributed by atoms with Gasteiger partial charge in [0.05, 0.1) is 12.1 Å². The van der Waals surface area contributed by atoms with E-state index in [1.165, 1.54) is 36.9 Å². The number of guanidine groups is 1. The molecule has 1 heterocycles. The molecule has 3 nitrogen and oxygen atoms in total. The fraction of sp³-hybridized carbons (Fsp3) is 0.562. The molecular weight excluding hydrogens is 234 g/mol. The van der Waals surface area contributed by atoms with E-state index in [4.69, 9.17) is 5.73 Å². The monoisotopic (exact) mass is 255 g/mol. The van der Waals surface area contributed by atoms with Gasteiger partial charge in [-0.15, -0.1) is 0 Å². The zero-order valence-corrected chi connectivity index (χ0v) is 11.5. The van der Waals surface area contributed by atoms with Gasteiger partial charge < -0.3 is 10.6 Å². The molecule has 0 radical (unpaired) electrons. The Bertz CT molecular complexity index is 533. The van der Waals surface area contributed by atoms with Gasteiger partial charge in [-0.1, -0.05) is 17.7 Å². The molecule has 0 aromatic heterocycles. The zero-order valence-electron chi connectivity index (χ0n) is 11.5. The number of aliphatic imine (C=N–C) groups is 1. The first kappa shape index (κ1) is 11.3. The summed E-state index contributed by atoms with van der Waals surface area (Å²) >= 11 is 0. The summed E-state index contributed by atoms with van der Waals surface area (Å²) in [6, 6.07) is 8.72. The highest BCUT2D eigenvalue weighted by atomic mass is 15.4. The lowest BCUT2D eigenvalue weighted by Gasteiger charge is -2.42. The van der Waals surface area contributed by atoms with Crippen molar-refractivity contribution >= 4 is 11.6 Å². The van der Waals surface area contributed by atoms with Crippen LogP contribution >= 0.6 is 0 Å². The molecule has 1 spiro atoms. The van der Waals surface area contributed by atoms with Crippen molar-refractivity contribution in [2.45, 2.75) is 38.1 Å². The minimum Gasteiger partial charge on any atom is -0.369 e. The minimum absolute atomic E-state index is 0.197. The van der Waals surface area contributed by atoms with Crippen molar-refractivity contribution in [3.8, 4) is 0 Å². The van der Waals surface area contributed by atoms with Crippen LogP contribution in [0, 0.1) is 18.8 Å². The topological polar surface area (TPSA) is 41.6 Å². The first-order chi connectivity index (χ1) is 9.19. The maximum absolute atomic E-state index is 6.21. The number of fused-ring (bicyclic) bond motifs is 3. The Kier molecular flexibility index (Phi) is 2.23. The van der Waals surface area contributed by atoms with Crippen molar-refractivity contribution in [1.82, 2.24) is 0 Å². The third-order valence-corrected chi connectivity index (χ3v) is 5.42. The van der Waals surface area contributed by atoms with Crippen LogP contribution in [0.2, 0.25) is 0 Å². The maximum atomic E-state index is 6.21. The van der Waals surface area contributed by atoms with Gasteiger partial charge in [-0.05, 0) is 56.6 Å². The minimum atomic E-state index is 0.197. The molecule has 2 N–H and O–H groups in total. The molecule has 2 saturated carbocycles. The fourth-order valence-electron chi connectivity index (χ4n) is 4.55. The normalized spacial score (nSPS) is 36.3. The summed E-state index contributed by atoms with van der Waals surface area (Å²) in [4.78, 5) is 6.93. The number of hydrogen-bond donors (Lipinski definition) is 1. The van der Waals surface area contributed by atoms with E-state index in [1.54, 1.807) is 0 Å². The quantitative estimate of drug-likeness (QED) is 0.838. The van der Waals surface area contributed by atoms with Gasteiger partial charge in [0.15, 0.2) is 5.96 Å². The van der Waals surface area contributed by atoms with Gasteiger partial charge in [0.2, 0.25) is 0 Å².